The molecule has 2 unspecified atom stereocenters. The van der Waals surface area contributed by atoms with Crippen molar-refractivity contribution in [3.63, 3.8) is 0 Å². The molecule has 116 valence electrons. The molecule has 0 bridgehead atoms. The summed E-state index contributed by atoms with van der Waals surface area (Å²) < 4.78 is 0. The van der Waals surface area contributed by atoms with Crippen LogP contribution < -0.4 is 0 Å². The number of β-amino-alcohol motifs (C(OH)–C–C–N with tert-alkyl or cyclic N) is 1. The van der Waals surface area contributed by atoms with Gasteiger partial charge in [-0.2, -0.15) is 0 Å². The maximum atomic E-state index is 10.6. The summed E-state index contributed by atoms with van der Waals surface area (Å²) >= 11 is 0. The molecule has 0 saturated carbocycles. The third-order valence-corrected chi connectivity index (χ3v) is 4.31. The van der Waals surface area contributed by atoms with Crippen LogP contribution in [0.25, 0.3) is 0 Å². The third kappa shape index (κ3) is 4.03. The molecule has 1 heterocycles. The molecule has 1 fully saturated rings. The number of carboxylic acids is 1. The van der Waals surface area contributed by atoms with Crippen molar-refractivity contribution in [1.29, 1.82) is 0 Å². The van der Waals surface area contributed by atoms with Gasteiger partial charge in [0.1, 0.15) is 0 Å². The highest BCUT2D eigenvalue weighted by Gasteiger charge is 2.38. The third-order valence-electron chi connectivity index (χ3n) is 4.31. The molecule has 1 saturated heterocycles. The number of likely N-dealkylation sites (tertiary alicyclic amines) is 1. The van der Waals surface area contributed by atoms with E-state index >= 15 is 0 Å². The van der Waals surface area contributed by atoms with Crippen LogP contribution in [0.1, 0.15) is 30.9 Å². The molecular weight excluding hydrogens is 270 g/mol. The second-order valence-electron chi connectivity index (χ2n) is 5.85. The molecular formula is C16H23NO4. The van der Waals surface area contributed by atoms with Gasteiger partial charge in [0, 0.05) is 19.6 Å². The average molecular weight is 293 g/mol. The fraction of sp³-hybridized carbons (Fsp3) is 0.562. The van der Waals surface area contributed by atoms with Gasteiger partial charge >= 0.3 is 5.97 Å². The maximum Gasteiger partial charge on any atom is 0.307 e. The Bertz CT molecular complexity index is 488. The molecule has 2 atom stereocenters. The first kappa shape index (κ1) is 15.9. The molecule has 1 aromatic carbocycles. The van der Waals surface area contributed by atoms with Crippen molar-refractivity contribution in [1.82, 2.24) is 4.90 Å². The quantitative estimate of drug-likeness (QED) is 0.755. The average Bonchev–Trinajstić information content (AvgIpc) is 2.45. The van der Waals surface area contributed by atoms with Gasteiger partial charge in [0.15, 0.2) is 0 Å². The van der Waals surface area contributed by atoms with Crippen LogP contribution in [0.15, 0.2) is 24.3 Å². The lowest BCUT2D eigenvalue weighted by atomic mass is 9.86. The molecule has 5 nitrogen and oxygen atoms in total. The predicted octanol–water partition coefficient (Wildman–Crippen LogP) is 1.02. The Kier molecular flexibility index (Phi) is 4.98. The molecule has 1 aliphatic heterocycles. The minimum atomic E-state index is -0.957. The Labute approximate surface area is 124 Å². The maximum absolute atomic E-state index is 10.6. The number of rotatable bonds is 5. The number of aliphatic hydroxyl groups is 2. The van der Waals surface area contributed by atoms with E-state index in [4.69, 9.17) is 5.11 Å². The van der Waals surface area contributed by atoms with E-state index in [1.54, 1.807) is 0 Å². The van der Waals surface area contributed by atoms with Crippen molar-refractivity contribution in [2.75, 3.05) is 13.1 Å². The lowest BCUT2D eigenvalue weighted by Gasteiger charge is -2.41. The van der Waals surface area contributed by atoms with E-state index in [0.717, 1.165) is 17.7 Å². The number of carboxylic acid groups (broad SMARTS) is 1. The van der Waals surface area contributed by atoms with Gasteiger partial charge in [-0.05, 0) is 24.0 Å². The summed E-state index contributed by atoms with van der Waals surface area (Å²) in [6.45, 7) is 3.80. The number of benzene rings is 1. The molecule has 21 heavy (non-hydrogen) atoms. The second kappa shape index (κ2) is 6.56. The Balaban J connectivity index is 1.92. The fourth-order valence-electron chi connectivity index (χ4n) is 2.78. The van der Waals surface area contributed by atoms with Crippen LogP contribution in [0.5, 0.6) is 0 Å². The molecule has 0 radical (unpaired) electrons. The monoisotopic (exact) mass is 293 g/mol. The van der Waals surface area contributed by atoms with Crippen molar-refractivity contribution < 1.29 is 20.1 Å². The van der Waals surface area contributed by atoms with Gasteiger partial charge in [-0.3, -0.25) is 9.69 Å². The van der Waals surface area contributed by atoms with Crippen LogP contribution in [0.4, 0.5) is 0 Å². The normalized spacial score (nSPS) is 26.7. The number of piperidine rings is 1. The van der Waals surface area contributed by atoms with Gasteiger partial charge in [-0.25, -0.2) is 0 Å². The lowest BCUT2D eigenvalue weighted by Crippen LogP contribution is -2.54. The van der Waals surface area contributed by atoms with E-state index in [1.165, 1.54) is 0 Å². The first-order valence-electron chi connectivity index (χ1n) is 7.35. The van der Waals surface area contributed by atoms with E-state index in [-0.39, 0.29) is 6.42 Å². The van der Waals surface area contributed by atoms with Crippen LogP contribution >= 0.6 is 0 Å². The van der Waals surface area contributed by atoms with E-state index in [0.29, 0.717) is 25.9 Å². The standard InChI is InChI=1S/C16H23NO4/c1-2-16(21)7-8-17(11-14(16)18)10-13-5-3-12(4-6-13)9-15(19)20/h3-6,14,18,21H,2,7-11H2,1H3,(H,19,20). The summed E-state index contributed by atoms with van der Waals surface area (Å²) in [5.41, 5.74) is 0.908. The zero-order valence-corrected chi connectivity index (χ0v) is 12.3. The fourth-order valence-corrected chi connectivity index (χ4v) is 2.78. The van der Waals surface area contributed by atoms with Gasteiger partial charge in [0.05, 0.1) is 18.1 Å². The Morgan fingerprint density at radius 1 is 1.33 bits per heavy atom. The zero-order chi connectivity index (χ0) is 15.5. The summed E-state index contributed by atoms with van der Waals surface area (Å²) in [6, 6.07) is 7.50. The first-order valence-corrected chi connectivity index (χ1v) is 7.35. The second-order valence-corrected chi connectivity index (χ2v) is 5.85. The summed E-state index contributed by atoms with van der Waals surface area (Å²) in [5.74, 6) is -0.833. The van der Waals surface area contributed by atoms with Gasteiger partial charge in [0.25, 0.3) is 0 Å². The smallest absolute Gasteiger partial charge is 0.307 e. The van der Waals surface area contributed by atoms with Crippen molar-refractivity contribution in [2.24, 2.45) is 0 Å². The number of hydrogen-bond acceptors (Lipinski definition) is 4. The molecule has 0 aromatic heterocycles. The van der Waals surface area contributed by atoms with Gasteiger partial charge in [-0.1, -0.05) is 31.2 Å². The van der Waals surface area contributed by atoms with Crippen molar-refractivity contribution in [2.45, 2.75) is 44.4 Å². The lowest BCUT2D eigenvalue weighted by molar-refractivity contribution is -0.136. The van der Waals surface area contributed by atoms with Crippen molar-refractivity contribution >= 4 is 5.97 Å². The van der Waals surface area contributed by atoms with Gasteiger partial charge in [0.2, 0.25) is 0 Å². The first-order chi connectivity index (χ1) is 9.93. The van der Waals surface area contributed by atoms with E-state index in [9.17, 15) is 15.0 Å². The van der Waals surface area contributed by atoms with E-state index < -0.39 is 17.7 Å². The van der Waals surface area contributed by atoms with Crippen molar-refractivity contribution in [3.05, 3.63) is 35.4 Å². The zero-order valence-electron chi connectivity index (χ0n) is 12.3. The summed E-state index contributed by atoms with van der Waals surface area (Å²) in [5, 5.41) is 29.0. The van der Waals surface area contributed by atoms with E-state index in [1.807, 2.05) is 31.2 Å². The topological polar surface area (TPSA) is 81.0 Å². The molecule has 3 N–H and O–H groups in total. The number of nitrogens with zero attached hydrogens (tertiary/aromatic N) is 1. The Hall–Kier alpha value is -1.43. The summed E-state index contributed by atoms with van der Waals surface area (Å²) in [4.78, 5) is 12.7. The van der Waals surface area contributed by atoms with Crippen molar-refractivity contribution in [3.8, 4) is 0 Å². The van der Waals surface area contributed by atoms with Crippen LogP contribution in [-0.2, 0) is 17.8 Å². The Morgan fingerprint density at radius 2 is 1.95 bits per heavy atom. The van der Waals surface area contributed by atoms with E-state index in [2.05, 4.69) is 4.90 Å². The highest BCUT2D eigenvalue weighted by atomic mass is 16.4. The molecule has 1 aliphatic rings. The number of aliphatic hydroxyl groups excluding tert-OH is 1. The molecule has 0 aliphatic carbocycles. The van der Waals surface area contributed by atoms with Crippen LogP contribution in [0.2, 0.25) is 0 Å². The summed E-state index contributed by atoms with van der Waals surface area (Å²) in [6.07, 6.45) is 0.447. The number of aliphatic carboxylic acids is 1. The van der Waals surface area contributed by atoms with Crippen LogP contribution in [-0.4, -0.2) is 51.0 Å². The summed E-state index contributed by atoms with van der Waals surface area (Å²) in [7, 11) is 0. The number of carbonyl (C=O) groups is 1. The minimum absolute atomic E-state index is 0.0340. The largest absolute Gasteiger partial charge is 0.481 e. The van der Waals surface area contributed by atoms with Gasteiger partial charge < -0.3 is 15.3 Å². The van der Waals surface area contributed by atoms with Crippen LogP contribution in [0, 0.1) is 0 Å². The SMILES string of the molecule is CCC1(O)CCN(Cc2ccc(CC(=O)O)cc2)CC1O. The number of hydrogen-bond donors (Lipinski definition) is 3. The minimum Gasteiger partial charge on any atom is -0.481 e. The highest BCUT2D eigenvalue weighted by Crippen LogP contribution is 2.26. The molecule has 2 rings (SSSR count). The van der Waals surface area contributed by atoms with Gasteiger partial charge in [-0.15, -0.1) is 0 Å². The molecule has 0 spiro atoms. The highest BCUT2D eigenvalue weighted by molar-refractivity contribution is 5.70. The molecule has 0 amide bonds. The predicted molar refractivity (Wildman–Crippen MR) is 78.9 cm³/mol. The molecule has 5 heteroatoms. The Morgan fingerprint density at radius 3 is 2.48 bits per heavy atom. The van der Waals surface area contributed by atoms with Crippen LogP contribution in [0.3, 0.4) is 0 Å². The molecule has 1 aromatic rings.